The number of carbonyl (C=O) groups excluding carboxylic acids is 1. The van der Waals surface area contributed by atoms with Crippen molar-refractivity contribution in [1.82, 2.24) is 4.98 Å². The molecule has 1 N–H and O–H groups in total. The van der Waals surface area contributed by atoms with Crippen LogP contribution in [0.25, 0.3) is 11.0 Å². The smallest absolute Gasteiger partial charge is 0.310 e. The third-order valence-electron chi connectivity index (χ3n) is 5.42. The molecule has 1 aliphatic rings. The Balaban J connectivity index is 2.09. The molecule has 0 saturated carbocycles. The van der Waals surface area contributed by atoms with E-state index >= 15 is 0 Å². The average Bonchev–Trinajstić information content (AvgIpc) is 2.72. The highest BCUT2D eigenvalue weighted by atomic mass is 32.2. The van der Waals surface area contributed by atoms with E-state index in [1.807, 2.05) is 0 Å². The lowest BCUT2D eigenvalue weighted by Crippen LogP contribution is -2.24. The van der Waals surface area contributed by atoms with Gasteiger partial charge in [0.05, 0.1) is 22.6 Å². The lowest BCUT2D eigenvalue weighted by atomic mass is 9.79. The Labute approximate surface area is 185 Å². The van der Waals surface area contributed by atoms with Crippen LogP contribution in [-0.2, 0) is 14.9 Å². The molecule has 9 heteroatoms. The number of rotatable bonds is 5. The van der Waals surface area contributed by atoms with E-state index in [9.17, 15) is 18.0 Å². The first-order chi connectivity index (χ1) is 15.1. The van der Waals surface area contributed by atoms with Crippen molar-refractivity contribution in [2.45, 2.75) is 33.6 Å². The van der Waals surface area contributed by atoms with Crippen LogP contribution >= 0.6 is 0 Å². The summed E-state index contributed by atoms with van der Waals surface area (Å²) in [4.78, 5) is 29.5. The number of fused-ring (bicyclic) bond motifs is 2. The SMILES string of the molecule is CCS(=O)(=O)Oc1nccc2c1C(c1cccc3c(=O)cc(C)oc13)C(C(C)=O)=C(C)N2. The predicted molar refractivity (Wildman–Crippen MR) is 120 cm³/mol. The molecule has 0 spiro atoms. The molecular formula is C23H22N2O6S. The zero-order chi connectivity index (χ0) is 23.2. The van der Waals surface area contributed by atoms with E-state index in [4.69, 9.17) is 8.60 Å². The highest BCUT2D eigenvalue weighted by molar-refractivity contribution is 7.87. The first kappa shape index (κ1) is 21.8. The van der Waals surface area contributed by atoms with Crippen LogP contribution in [0.5, 0.6) is 5.88 Å². The topological polar surface area (TPSA) is 116 Å². The maximum absolute atomic E-state index is 12.8. The highest BCUT2D eigenvalue weighted by Gasteiger charge is 2.36. The van der Waals surface area contributed by atoms with Gasteiger partial charge in [0.1, 0.15) is 11.3 Å². The molecule has 0 aliphatic carbocycles. The number of allylic oxidation sites excluding steroid dienone is 2. The number of pyridine rings is 1. The van der Waals surface area contributed by atoms with E-state index < -0.39 is 16.0 Å². The maximum atomic E-state index is 12.8. The van der Waals surface area contributed by atoms with Gasteiger partial charge in [-0.3, -0.25) is 9.59 Å². The molecule has 1 aromatic carbocycles. The van der Waals surface area contributed by atoms with Crippen molar-refractivity contribution in [2.24, 2.45) is 0 Å². The van der Waals surface area contributed by atoms with Crippen LogP contribution in [0.2, 0.25) is 0 Å². The second-order valence-corrected chi connectivity index (χ2v) is 9.46. The zero-order valence-electron chi connectivity index (χ0n) is 18.1. The minimum atomic E-state index is -3.88. The fourth-order valence-corrected chi connectivity index (χ4v) is 4.53. The van der Waals surface area contributed by atoms with Gasteiger partial charge in [0.15, 0.2) is 11.2 Å². The second-order valence-electron chi connectivity index (χ2n) is 7.61. The molecule has 2 aromatic heterocycles. The summed E-state index contributed by atoms with van der Waals surface area (Å²) in [5.41, 5.74) is 2.62. The first-order valence-electron chi connectivity index (χ1n) is 10.1. The number of aromatic nitrogens is 1. The number of para-hydroxylation sites is 1. The summed E-state index contributed by atoms with van der Waals surface area (Å²) in [6.07, 6.45) is 1.43. The summed E-state index contributed by atoms with van der Waals surface area (Å²) < 4.78 is 35.8. The number of hydrogen-bond acceptors (Lipinski definition) is 8. The number of nitrogens with one attached hydrogen (secondary N) is 1. The third-order valence-corrected chi connectivity index (χ3v) is 6.53. The molecule has 0 fully saturated rings. The third kappa shape index (κ3) is 3.69. The average molecular weight is 455 g/mol. The number of anilines is 1. The Morgan fingerprint density at radius 3 is 2.69 bits per heavy atom. The molecule has 3 heterocycles. The Hall–Kier alpha value is -3.46. The first-order valence-corrected chi connectivity index (χ1v) is 11.6. The van der Waals surface area contributed by atoms with Crippen molar-refractivity contribution < 1.29 is 21.8 Å². The summed E-state index contributed by atoms with van der Waals surface area (Å²) in [5.74, 6) is -0.919. The molecule has 1 unspecified atom stereocenters. The van der Waals surface area contributed by atoms with E-state index in [1.165, 1.54) is 26.1 Å². The van der Waals surface area contributed by atoms with E-state index in [1.54, 1.807) is 38.1 Å². The normalized spacial score (nSPS) is 15.9. The van der Waals surface area contributed by atoms with Crippen LogP contribution in [0.15, 0.2) is 57.0 Å². The molecule has 0 radical (unpaired) electrons. The number of carbonyl (C=O) groups is 1. The van der Waals surface area contributed by atoms with Crippen molar-refractivity contribution in [2.75, 3.05) is 11.1 Å². The van der Waals surface area contributed by atoms with Crippen LogP contribution in [0.3, 0.4) is 0 Å². The van der Waals surface area contributed by atoms with Crippen molar-refractivity contribution in [1.29, 1.82) is 0 Å². The molecule has 0 saturated heterocycles. The van der Waals surface area contributed by atoms with Crippen LogP contribution in [-0.4, -0.2) is 24.9 Å². The second kappa shape index (κ2) is 7.90. The Kier molecular flexibility index (Phi) is 5.37. The predicted octanol–water partition coefficient (Wildman–Crippen LogP) is 3.65. The van der Waals surface area contributed by atoms with Gasteiger partial charge in [-0.25, -0.2) is 4.98 Å². The van der Waals surface area contributed by atoms with Crippen molar-refractivity contribution in [3.63, 3.8) is 0 Å². The zero-order valence-corrected chi connectivity index (χ0v) is 18.9. The minimum absolute atomic E-state index is 0.125. The number of Topliss-reactive ketones (excluding diaryl/α,β-unsaturated/α-hetero) is 1. The van der Waals surface area contributed by atoms with E-state index in [0.29, 0.717) is 44.8 Å². The molecule has 0 amide bonds. The number of ketones is 1. The fourth-order valence-electron chi connectivity index (χ4n) is 4.04. The molecule has 1 aliphatic heterocycles. The van der Waals surface area contributed by atoms with Gasteiger partial charge in [0.2, 0.25) is 5.88 Å². The quantitative estimate of drug-likeness (QED) is 0.581. The van der Waals surface area contributed by atoms with E-state index in [-0.39, 0.29) is 22.8 Å². The summed E-state index contributed by atoms with van der Waals surface area (Å²) in [5, 5.41) is 3.52. The highest BCUT2D eigenvalue weighted by Crippen LogP contribution is 2.47. The standard InChI is InChI=1S/C23H22N2O6S/c1-5-32(28,29)31-23-21-17(9-10-24-23)25-13(3)19(14(4)26)20(21)16-8-6-7-15-18(27)11-12(2)30-22(15)16/h6-11,20,25H,5H2,1-4H3. The molecule has 8 nitrogen and oxygen atoms in total. The van der Waals surface area contributed by atoms with Gasteiger partial charge in [0, 0.05) is 34.8 Å². The van der Waals surface area contributed by atoms with Crippen molar-refractivity contribution in [3.8, 4) is 5.88 Å². The number of nitrogens with zero attached hydrogens (tertiary/aromatic N) is 1. The van der Waals surface area contributed by atoms with Gasteiger partial charge in [-0.2, -0.15) is 8.42 Å². The molecule has 4 rings (SSSR count). The Morgan fingerprint density at radius 1 is 1.25 bits per heavy atom. The number of aryl methyl sites for hydroxylation is 1. The van der Waals surface area contributed by atoms with Crippen molar-refractivity contribution in [3.05, 3.63) is 74.9 Å². The number of hydrogen-bond donors (Lipinski definition) is 1. The molecule has 1 atom stereocenters. The van der Waals surface area contributed by atoms with Crippen LogP contribution < -0.4 is 14.9 Å². The van der Waals surface area contributed by atoms with Gasteiger partial charge in [-0.15, -0.1) is 0 Å². The summed E-state index contributed by atoms with van der Waals surface area (Å²) >= 11 is 0. The van der Waals surface area contributed by atoms with Crippen LogP contribution in [0.4, 0.5) is 5.69 Å². The molecule has 166 valence electrons. The van der Waals surface area contributed by atoms with E-state index in [0.717, 1.165) is 0 Å². The van der Waals surface area contributed by atoms with Gasteiger partial charge < -0.3 is 13.9 Å². The Morgan fingerprint density at radius 2 is 2.00 bits per heavy atom. The molecule has 32 heavy (non-hydrogen) atoms. The Bertz CT molecular complexity index is 1450. The molecular weight excluding hydrogens is 432 g/mol. The summed E-state index contributed by atoms with van der Waals surface area (Å²) in [6, 6.07) is 8.20. The van der Waals surface area contributed by atoms with Crippen molar-refractivity contribution >= 4 is 32.6 Å². The summed E-state index contributed by atoms with van der Waals surface area (Å²) in [7, 11) is -3.88. The largest absolute Gasteiger partial charge is 0.461 e. The molecule has 0 bridgehead atoms. The lowest BCUT2D eigenvalue weighted by molar-refractivity contribution is -0.113. The van der Waals surface area contributed by atoms with Crippen LogP contribution in [0, 0.1) is 6.92 Å². The van der Waals surface area contributed by atoms with Crippen LogP contribution in [0.1, 0.15) is 43.6 Å². The van der Waals surface area contributed by atoms with Gasteiger partial charge in [-0.1, -0.05) is 12.1 Å². The lowest BCUT2D eigenvalue weighted by Gasteiger charge is -2.31. The molecule has 3 aromatic rings. The van der Waals surface area contributed by atoms with Gasteiger partial charge >= 0.3 is 10.1 Å². The van der Waals surface area contributed by atoms with Gasteiger partial charge in [0.25, 0.3) is 0 Å². The maximum Gasteiger partial charge on any atom is 0.310 e. The van der Waals surface area contributed by atoms with E-state index in [2.05, 4.69) is 10.3 Å². The minimum Gasteiger partial charge on any atom is -0.461 e. The monoisotopic (exact) mass is 454 g/mol. The fraction of sp³-hybridized carbons (Fsp3) is 0.261. The summed E-state index contributed by atoms with van der Waals surface area (Å²) in [6.45, 7) is 6.34. The van der Waals surface area contributed by atoms with Gasteiger partial charge in [-0.05, 0) is 39.8 Å². The number of benzene rings is 1.